The third-order valence-corrected chi connectivity index (χ3v) is 1.80. The van der Waals surface area contributed by atoms with E-state index in [0.717, 1.165) is 0 Å². The lowest BCUT2D eigenvalue weighted by Gasteiger charge is -2.10. The SMILES string of the molecule is COc1c(CN)c[nH]c(=O)c1C(F)F. The molecule has 4 nitrogen and oxygen atoms in total. The molecule has 0 aliphatic carbocycles. The Labute approximate surface area is 78.7 Å². The van der Waals surface area contributed by atoms with Crippen LogP contribution < -0.4 is 16.0 Å². The summed E-state index contributed by atoms with van der Waals surface area (Å²) in [5, 5.41) is 0. The monoisotopic (exact) mass is 204 g/mol. The summed E-state index contributed by atoms with van der Waals surface area (Å²) < 4.78 is 29.6. The first-order valence-corrected chi connectivity index (χ1v) is 3.88. The summed E-state index contributed by atoms with van der Waals surface area (Å²) >= 11 is 0. The highest BCUT2D eigenvalue weighted by Gasteiger charge is 2.20. The Morgan fingerprint density at radius 2 is 2.29 bits per heavy atom. The summed E-state index contributed by atoms with van der Waals surface area (Å²) in [6.07, 6.45) is -1.60. The molecule has 0 aromatic carbocycles. The zero-order valence-corrected chi connectivity index (χ0v) is 7.51. The van der Waals surface area contributed by atoms with Crippen LogP contribution in [0.1, 0.15) is 17.6 Å². The predicted octanol–water partition coefficient (Wildman–Crippen LogP) is 0.780. The van der Waals surface area contributed by atoms with Gasteiger partial charge in [-0.25, -0.2) is 8.78 Å². The van der Waals surface area contributed by atoms with Crippen molar-refractivity contribution in [1.82, 2.24) is 4.98 Å². The summed E-state index contributed by atoms with van der Waals surface area (Å²) in [4.78, 5) is 13.2. The van der Waals surface area contributed by atoms with Crippen molar-refractivity contribution in [2.24, 2.45) is 5.73 Å². The highest BCUT2D eigenvalue weighted by Crippen LogP contribution is 2.27. The summed E-state index contributed by atoms with van der Waals surface area (Å²) in [7, 11) is 1.22. The molecule has 1 aromatic rings. The highest BCUT2D eigenvalue weighted by atomic mass is 19.3. The molecule has 0 spiro atoms. The molecule has 0 unspecified atom stereocenters. The first kappa shape index (κ1) is 10.6. The predicted molar refractivity (Wildman–Crippen MR) is 46.5 cm³/mol. The van der Waals surface area contributed by atoms with Gasteiger partial charge in [0.2, 0.25) is 0 Å². The standard InChI is InChI=1S/C8H10F2N2O2/c1-14-6-4(2-11)3-12-8(13)5(6)7(9)10/h3,7H,2,11H2,1H3,(H,12,13). The van der Waals surface area contributed by atoms with Crippen molar-refractivity contribution in [1.29, 1.82) is 0 Å². The Bertz CT molecular complexity index is 376. The number of ether oxygens (including phenoxy) is 1. The summed E-state index contributed by atoms with van der Waals surface area (Å²) in [6.45, 7) is 0.0275. The molecule has 1 rings (SSSR count). The highest BCUT2D eigenvalue weighted by molar-refractivity contribution is 5.39. The van der Waals surface area contributed by atoms with Crippen LogP contribution >= 0.6 is 0 Å². The van der Waals surface area contributed by atoms with Gasteiger partial charge in [0.1, 0.15) is 11.3 Å². The molecule has 0 fully saturated rings. The molecule has 0 bridgehead atoms. The molecule has 1 aromatic heterocycles. The van der Waals surface area contributed by atoms with Crippen LogP contribution in [0.5, 0.6) is 5.75 Å². The molecular formula is C8H10F2N2O2. The van der Waals surface area contributed by atoms with Gasteiger partial charge in [-0.3, -0.25) is 4.79 Å². The Morgan fingerprint density at radius 1 is 1.64 bits per heavy atom. The smallest absolute Gasteiger partial charge is 0.272 e. The van der Waals surface area contributed by atoms with E-state index in [9.17, 15) is 13.6 Å². The van der Waals surface area contributed by atoms with Crippen molar-refractivity contribution >= 4 is 0 Å². The van der Waals surface area contributed by atoms with Crippen molar-refractivity contribution in [2.45, 2.75) is 13.0 Å². The molecule has 6 heteroatoms. The van der Waals surface area contributed by atoms with Crippen molar-refractivity contribution in [3.63, 3.8) is 0 Å². The largest absolute Gasteiger partial charge is 0.496 e. The van der Waals surface area contributed by atoms with Crippen LogP contribution in [0.25, 0.3) is 0 Å². The zero-order valence-electron chi connectivity index (χ0n) is 7.51. The van der Waals surface area contributed by atoms with E-state index >= 15 is 0 Å². The Morgan fingerprint density at radius 3 is 2.71 bits per heavy atom. The number of aromatic amines is 1. The van der Waals surface area contributed by atoms with Gasteiger partial charge < -0.3 is 15.5 Å². The van der Waals surface area contributed by atoms with Crippen molar-refractivity contribution in [3.05, 3.63) is 27.7 Å². The lowest BCUT2D eigenvalue weighted by molar-refractivity contribution is 0.145. The molecule has 0 aliphatic heterocycles. The minimum atomic E-state index is -2.87. The van der Waals surface area contributed by atoms with E-state index in [2.05, 4.69) is 4.98 Å². The summed E-state index contributed by atoms with van der Waals surface area (Å²) in [5.41, 5.74) is 4.12. The molecule has 0 saturated heterocycles. The van der Waals surface area contributed by atoms with Crippen LogP contribution in [0.15, 0.2) is 11.0 Å². The number of H-pyrrole nitrogens is 1. The number of halogens is 2. The molecule has 14 heavy (non-hydrogen) atoms. The second-order valence-corrected chi connectivity index (χ2v) is 2.59. The van der Waals surface area contributed by atoms with Crippen LogP contribution in [0.3, 0.4) is 0 Å². The van der Waals surface area contributed by atoms with Gasteiger partial charge in [-0.2, -0.15) is 0 Å². The molecule has 0 atom stereocenters. The maximum absolute atomic E-state index is 12.5. The van der Waals surface area contributed by atoms with E-state index in [1.54, 1.807) is 0 Å². The van der Waals surface area contributed by atoms with Crippen molar-refractivity contribution in [3.8, 4) is 5.75 Å². The number of pyridine rings is 1. The van der Waals surface area contributed by atoms with Crippen LogP contribution in [0.4, 0.5) is 8.78 Å². The van der Waals surface area contributed by atoms with E-state index < -0.39 is 17.5 Å². The normalized spacial score (nSPS) is 10.6. The Kier molecular flexibility index (Phi) is 3.19. The van der Waals surface area contributed by atoms with E-state index in [1.165, 1.54) is 13.3 Å². The number of nitrogens with two attached hydrogens (primary N) is 1. The van der Waals surface area contributed by atoms with Gasteiger partial charge in [-0.1, -0.05) is 0 Å². The first-order chi connectivity index (χ1) is 6.61. The number of rotatable bonds is 3. The summed E-state index contributed by atoms with van der Waals surface area (Å²) in [6, 6.07) is 0. The van der Waals surface area contributed by atoms with Crippen LogP contribution in [-0.4, -0.2) is 12.1 Å². The van der Waals surface area contributed by atoms with Gasteiger partial charge in [-0.15, -0.1) is 0 Å². The van der Waals surface area contributed by atoms with Crippen molar-refractivity contribution < 1.29 is 13.5 Å². The number of nitrogens with one attached hydrogen (secondary N) is 1. The number of hydrogen-bond acceptors (Lipinski definition) is 3. The fourth-order valence-corrected chi connectivity index (χ4v) is 1.16. The maximum Gasteiger partial charge on any atom is 0.272 e. The van der Waals surface area contributed by atoms with Crippen molar-refractivity contribution in [2.75, 3.05) is 7.11 Å². The van der Waals surface area contributed by atoms with Gasteiger partial charge in [-0.05, 0) is 0 Å². The lowest BCUT2D eigenvalue weighted by atomic mass is 10.1. The number of hydrogen-bond donors (Lipinski definition) is 2. The summed E-state index contributed by atoms with van der Waals surface area (Å²) in [5.74, 6) is -0.133. The fourth-order valence-electron chi connectivity index (χ4n) is 1.16. The minimum Gasteiger partial charge on any atom is -0.496 e. The average molecular weight is 204 g/mol. The number of methoxy groups -OCH3 is 1. The maximum atomic E-state index is 12.5. The first-order valence-electron chi connectivity index (χ1n) is 3.88. The third-order valence-electron chi connectivity index (χ3n) is 1.80. The van der Waals surface area contributed by atoms with E-state index in [-0.39, 0.29) is 12.3 Å². The lowest BCUT2D eigenvalue weighted by Crippen LogP contribution is -2.17. The van der Waals surface area contributed by atoms with Gasteiger partial charge in [0.25, 0.3) is 12.0 Å². The topological polar surface area (TPSA) is 68.1 Å². The molecule has 0 saturated carbocycles. The molecule has 0 aliphatic rings. The quantitative estimate of drug-likeness (QED) is 0.764. The Hall–Kier alpha value is -1.43. The van der Waals surface area contributed by atoms with Gasteiger partial charge in [0.15, 0.2) is 0 Å². The van der Waals surface area contributed by atoms with Crippen LogP contribution in [0.2, 0.25) is 0 Å². The second-order valence-electron chi connectivity index (χ2n) is 2.59. The molecular weight excluding hydrogens is 194 g/mol. The minimum absolute atomic E-state index is 0.0275. The fraction of sp³-hybridized carbons (Fsp3) is 0.375. The van der Waals surface area contributed by atoms with Gasteiger partial charge in [0, 0.05) is 18.3 Å². The molecule has 78 valence electrons. The van der Waals surface area contributed by atoms with E-state index in [1.807, 2.05) is 0 Å². The van der Waals surface area contributed by atoms with Gasteiger partial charge >= 0.3 is 0 Å². The van der Waals surface area contributed by atoms with E-state index in [0.29, 0.717) is 5.56 Å². The van der Waals surface area contributed by atoms with E-state index in [4.69, 9.17) is 10.5 Å². The molecule has 1 heterocycles. The van der Waals surface area contributed by atoms with Crippen LogP contribution in [-0.2, 0) is 6.54 Å². The molecule has 3 N–H and O–H groups in total. The Balaban J connectivity index is 3.43. The average Bonchev–Trinajstić information content (AvgIpc) is 2.16. The zero-order chi connectivity index (χ0) is 10.7. The molecule has 0 radical (unpaired) electrons. The van der Waals surface area contributed by atoms with Crippen LogP contribution in [0, 0.1) is 0 Å². The van der Waals surface area contributed by atoms with Gasteiger partial charge in [0.05, 0.1) is 7.11 Å². The number of alkyl halides is 2. The third kappa shape index (κ3) is 1.74. The number of aromatic nitrogens is 1. The molecule has 0 amide bonds. The second kappa shape index (κ2) is 4.19.